The van der Waals surface area contributed by atoms with Crippen molar-refractivity contribution in [2.24, 2.45) is 0 Å². The van der Waals surface area contributed by atoms with Crippen LogP contribution in [0, 0.1) is 9.39 Å². The van der Waals surface area contributed by atoms with Gasteiger partial charge in [0, 0.05) is 9.13 Å². The van der Waals surface area contributed by atoms with Crippen molar-refractivity contribution >= 4 is 66.7 Å². The lowest BCUT2D eigenvalue weighted by molar-refractivity contribution is -0.132. The van der Waals surface area contributed by atoms with Crippen LogP contribution in [0.1, 0.15) is 17.2 Å². The minimum Gasteiger partial charge on any atom is -0.507 e. The highest BCUT2D eigenvalue weighted by molar-refractivity contribution is 14.1. The van der Waals surface area contributed by atoms with Gasteiger partial charge >= 0.3 is 5.91 Å². The standard InChI is InChI=1S/C26H16FIN2O5S/c27-15-4-7-17-20(12-15)36-26(29-17)30-22(13-1-5-16(28)6-2-13)21(24(32)25(30)33)23(31)14-3-8-18-19(11-14)35-10-9-34-18/h1-8,11-12,22,31H,9-10H2. The Hall–Kier alpha value is -3.51. The van der Waals surface area contributed by atoms with Gasteiger partial charge in [-0.05, 0) is 76.7 Å². The number of ether oxygens (including phenoxy) is 2. The van der Waals surface area contributed by atoms with Gasteiger partial charge in [0.15, 0.2) is 16.6 Å². The van der Waals surface area contributed by atoms with Crippen LogP contribution in [0.4, 0.5) is 9.52 Å². The van der Waals surface area contributed by atoms with Gasteiger partial charge in [0.05, 0.1) is 21.8 Å². The van der Waals surface area contributed by atoms with Crippen LogP contribution < -0.4 is 14.4 Å². The minimum absolute atomic E-state index is 0.0664. The highest BCUT2D eigenvalue weighted by Gasteiger charge is 2.48. The molecule has 7 nitrogen and oxygen atoms in total. The summed E-state index contributed by atoms with van der Waals surface area (Å²) in [5.41, 5.74) is 1.38. The number of anilines is 1. The third-order valence-corrected chi connectivity index (χ3v) is 7.73. The number of carbonyl (C=O) groups excluding carboxylic acids is 2. The molecular weight excluding hydrogens is 598 g/mol. The van der Waals surface area contributed by atoms with Gasteiger partial charge in [0.25, 0.3) is 5.78 Å². The predicted molar refractivity (Wildman–Crippen MR) is 141 cm³/mol. The van der Waals surface area contributed by atoms with Crippen LogP contribution in [0.5, 0.6) is 11.5 Å². The van der Waals surface area contributed by atoms with Crippen molar-refractivity contribution in [1.82, 2.24) is 4.98 Å². The summed E-state index contributed by atoms with van der Waals surface area (Å²) in [7, 11) is 0. The van der Waals surface area contributed by atoms with Gasteiger partial charge < -0.3 is 14.6 Å². The van der Waals surface area contributed by atoms with Crippen molar-refractivity contribution in [1.29, 1.82) is 0 Å². The monoisotopic (exact) mass is 614 g/mol. The second-order valence-corrected chi connectivity index (χ2v) is 10.4. The van der Waals surface area contributed by atoms with Crippen LogP contribution in [0.3, 0.4) is 0 Å². The van der Waals surface area contributed by atoms with E-state index in [1.165, 1.54) is 23.1 Å². The molecule has 6 rings (SSSR count). The molecule has 3 heterocycles. The number of carbonyl (C=O) groups is 2. The van der Waals surface area contributed by atoms with Gasteiger partial charge in [0.1, 0.15) is 24.8 Å². The van der Waals surface area contributed by atoms with E-state index in [0.717, 1.165) is 14.9 Å². The number of Topliss-reactive ketones (excluding diaryl/α,β-unsaturated/α-hetero) is 1. The molecule has 3 aromatic carbocycles. The first-order chi connectivity index (χ1) is 17.4. The number of rotatable bonds is 3. The first-order valence-corrected chi connectivity index (χ1v) is 12.8. The van der Waals surface area contributed by atoms with Crippen molar-refractivity contribution < 1.29 is 28.6 Å². The topological polar surface area (TPSA) is 89.0 Å². The van der Waals surface area contributed by atoms with Crippen LogP contribution in [0.15, 0.2) is 66.2 Å². The molecule has 10 heteroatoms. The zero-order chi connectivity index (χ0) is 25.0. The minimum atomic E-state index is -0.930. The summed E-state index contributed by atoms with van der Waals surface area (Å²) in [4.78, 5) is 32.5. The Morgan fingerprint density at radius 3 is 2.56 bits per heavy atom. The number of aliphatic hydroxyl groups excluding tert-OH is 1. The zero-order valence-electron chi connectivity index (χ0n) is 18.4. The average Bonchev–Trinajstić information content (AvgIpc) is 3.41. The summed E-state index contributed by atoms with van der Waals surface area (Å²) >= 11 is 3.27. The van der Waals surface area contributed by atoms with E-state index in [2.05, 4.69) is 27.6 Å². The van der Waals surface area contributed by atoms with Crippen LogP contribution in [0.25, 0.3) is 16.0 Å². The van der Waals surface area contributed by atoms with Gasteiger partial charge in [-0.2, -0.15) is 0 Å². The predicted octanol–water partition coefficient (Wildman–Crippen LogP) is 5.44. The number of hydrogen-bond donors (Lipinski definition) is 1. The van der Waals surface area contributed by atoms with E-state index < -0.39 is 23.5 Å². The zero-order valence-corrected chi connectivity index (χ0v) is 21.4. The first kappa shape index (κ1) is 22.9. The molecule has 180 valence electrons. The molecule has 4 aromatic rings. The number of thiazole rings is 1. The van der Waals surface area contributed by atoms with E-state index in [1.54, 1.807) is 30.3 Å². The highest BCUT2D eigenvalue weighted by Crippen LogP contribution is 2.45. The van der Waals surface area contributed by atoms with Gasteiger partial charge in [-0.3, -0.25) is 14.5 Å². The van der Waals surface area contributed by atoms with E-state index in [9.17, 15) is 19.1 Å². The fraction of sp³-hybridized carbons (Fsp3) is 0.115. The van der Waals surface area contributed by atoms with E-state index in [1.807, 2.05) is 12.1 Å². The third kappa shape index (κ3) is 3.80. The van der Waals surface area contributed by atoms with Crippen molar-refractivity contribution in [3.8, 4) is 11.5 Å². The molecule has 2 aliphatic rings. The molecule has 1 aromatic heterocycles. The van der Waals surface area contributed by atoms with Gasteiger partial charge in [0.2, 0.25) is 0 Å². The molecule has 1 unspecified atom stereocenters. The lowest BCUT2D eigenvalue weighted by Gasteiger charge is -2.23. The number of aromatic nitrogens is 1. The van der Waals surface area contributed by atoms with E-state index in [4.69, 9.17) is 9.47 Å². The normalized spacial score (nSPS) is 18.7. The molecule has 0 radical (unpaired) electrons. The number of nitrogens with zero attached hydrogens (tertiary/aromatic N) is 2. The summed E-state index contributed by atoms with van der Waals surface area (Å²) in [6, 6.07) is 15.4. The maximum atomic E-state index is 13.8. The Morgan fingerprint density at radius 1 is 1.03 bits per heavy atom. The second kappa shape index (κ2) is 8.86. The van der Waals surface area contributed by atoms with Gasteiger partial charge in [-0.15, -0.1) is 0 Å². The maximum absolute atomic E-state index is 13.8. The summed E-state index contributed by atoms with van der Waals surface area (Å²) < 4.78 is 26.5. The molecule has 2 aliphatic heterocycles. The molecule has 1 saturated heterocycles. The lowest BCUT2D eigenvalue weighted by atomic mass is 9.95. The SMILES string of the molecule is O=C1C(=O)N(c2nc3ccc(F)cc3s2)C(c2ccc(I)cc2)C1=C(O)c1ccc2c(c1)OCCO2. The van der Waals surface area contributed by atoms with E-state index in [-0.39, 0.29) is 16.5 Å². The van der Waals surface area contributed by atoms with E-state index >= 15 is 0 Å². The van der Waals surface area contributed by atoms with Crippen LogP contribution >= 0.6 is 33.9 Å². The Bertz CT molecular complexity index is 1580. The smallest absolute Gasteiger partial charge is 0.301 e. The van der Waals surface area contributed by atoms with Crippen molar-refractivity contribution in [3.05, 3.63) is 86.8 Å². The summed E-state index contributed by atoms with van der Waals surface area (Å²) in [5, 5.41) is 11.6. The Balaban J connectivity index is 1.54. The van der Waals surface area contributed by atoms with Crippen LogP contribution in [0.2, 0.25) is 0 Å². The molecule has 0 aliphatic carbocycles. The average molecular weight is 614 g/mol. The van der Waals surface area contributed by atoms with Gasteiger partial charge in [-0.1, -0.05) is 23.5 Å². The summed E-state index contributed by atoms with van der Waals surface area (Å²) in [6.07, 6.45) is 0. The molecule has 0 saturated carbocycles. The second-order valence-electron chi connectivity index (χ2n) is 8.19. The fourth-order valence-corrected chi connectivity index (χ4v) is 5.70. The molecule has 1 N–H and O–H groups in total. The third-order valence-electron chi connectivity index (χ3n) is 5.99. The van der Waals surface area contributed by atoms with Gasteiger partial charge in [-0.25, -0.2) is 9.37 Å². The largest absolute Gasteiger partial charge is 0.507 e. The van der Waals surface area contributed by atoms with Crippen molar-refractivity contribution in [3.63, 3.8) is 0 Å². The Morgan fingerprint density at radius 2 is 1.78 bits per heavy atom. The molecule has 0 spiro atoms. The number of aliphatic hydroxyl groups is 1. The van der Waals surface area contributed by atoms with Crippen molar-refractivity contribution in [2.45, 2.75) is 6.04 Å². The highest BCUT2D eigenvalue weighted by atomic mass is 127. The Kier molecular flexibility index (Phi) is 5.64. The molecule has 1 atom stereocenters. The number of halogens is 2. The van der Waals surface area contributed by atoms with Crippen molar-refractivity contribution in [2.75, 3.05) is 18.1 Å². The number of fused-ring (bicyclic) bond motifs is 2. The maximum Gasteiger partial charge on any atom is 0.301 e. The van der Waals surface area contributed by atoms with Crippen LogP contribution in [-0.4, -0.2) is 35.0 Å². The molecule has 0 bridgehead atoms. The summed E-state index contributed by atoms with van der Waals surface area (Å²) in [5.74, 6) is -1.43. The quantitative estimate of drug-likeness (QED) is 0.143. The number of hydrogen-bond acceptors (Lipinski definition) is 7. The molecule has 1 fully saturated rings. The molecule has 1 amide bonds. The number of amides is 1. The van der Waals surface area contributed by atoms with Crippen LogP contribution in [-0.2, 0) is 9.59 Å². The molecular formula is C26H16FIN2O5S. The van der Waals surface area contributed by atoms with E-state index in [0.29, 0.717) is 46.1 Å². The molecule has 36 heavy (non-hydrogen) atoms. The Labute approximate surface area is 221 Å². The summed E-state index contributed by atoms with van der Waals surface area (Å²) in [6.45, 7) is 0.783. The number of ketones is 1. The lowest BCUT2D eigenvalue weighted by Crippen LogP contribution is -2.29. The first-order valence-electron chi connectivity index (χ1n) is 10.9. The fourth-order valence-electron chi connectivity index (χ4n) is 4.33. The number of benzene rings is 3.